The predicted octanol–water partition coefficient (Wildman–Crippen LogP) is 2.00. The van der Waals surface area contributed by atoms with Gasteiger partial charge in [0.05, 0.1) is 6.54 Å². The Labute approximate surface area is 124 Å². The van der Waals surface area contributed by atoms with Crippen molar-refractivity contribution >= 4 is 5.91 Å². The molecule has 4 nitrogen and oxygen atoms in total. The summed E-state index contributed by atoms with van der Waals surface area (Å²) in [4.78, 5) is 14.5. The number of amides is 1. The summed E-state index contributed by atoms with van der Waals surface area (Å²) in [6, 6.07) is 0.891. The van der Waals surface area contributed by atoms with Gasteiger partial charge in [0.2, 0.25) is 5.91 Å². The molecule has 2 N–H and O–H groups in total. The quantitative estimate of drug-likeness (QED) is 0.680. The van der Waals surface area contributed by atoms with E-state index in [-0.39, 0.29) is 5.91 Å². The summed E-state index contributed by atoms with van der Waals surface area (Å²) >= 11 is 0. The Hall–Kier alpha value is -0.610. The monoisotopic (exact) mass is 283 g/mol. The fraction of sp³-hybridized carbons (Fsp3) is 0.938. The molecule has 1 atom stereocenters. The standard InChI is InChI=1S/C16H33N3O/c1-5-14(6-2)18-16(20)12-19(10-13(3)4)11-15-8-7-9-17-15/h13-15,17H,5-12H2,1-4H3,(H,18,20). The molecule has 4 heteroatoms. The molecule has 0 radical (unpaired) electrons. The van der Waals surface area contributed by atoms with Crippen LogP contribution in [0.2, 0.25) is 0 Å². The minimum atomic E-state index is 0.178. The third kappa shape index (κ3) is 6.71. The molecule has 0 aromatic rings. The lowest BCUT2D eigenvalue weighted by molar-refractivity contribution is -0.123. The molecule has 118 valence electrons. The van der Waals surface area contributed by atoms with E-state index in [1.54, 1.807) is 0 Å². The molecule has 20 heavy (non-hydrogen) atoms. The van der Waals surface area contributed by atoms with Crippen molar-refractivity contribution in [2.45, 2.75) is 65.5 Å². The van der Waals surface area contributed by atoms with E-state index < -0.39 is 0 Å². The van der Waals surface area contributed by atoms with Gasteiger partial charge in [0.15, 0.2) is 0 Å². The van der Waals surface area contributed by atoms with Crippen LogP contribution in [0.1, 0.15) is 53.4 Å². The van der Waals surface area contributed by atoms with Gasteiger partial charge in [-0.05, 0) is 38.1 Å². The molecular formula is C16H33N3O. The Morgan fingerprint density at radius 2 is 2.05 bits per heavy atom. The highest BCUT2D eigenvalue weighted by molar-refractivity contribution is 5.78. The zero-order chi connectivity index (χ0) is 15.0. The molecule has 1 rings (SSSR count). The van der Waals surface area contributed by atoms with Gasteiger partial charge in [-0.15, -0.1) is 0 Å². The highest BCUT2D eigenvalue weighted by atomic mass is 16.2. The Balaban J connectivity index is 2.43. The maximum Gasteiger partial charge on any atom is 0.234 e. The molecule has 1 aliphatic heterocycles. The number of nitrogens with one attached hydrogen (secondary N) is 2. The first-order valence-corrected chi connectivity index (χ1v) is 8.30. The van der Waals surface area contributed by atoms with Crippen molar-refractivity contribution in [2.75, 3.05) is 26.2 Å². The normalized spacial score (nSPS) is 19.2. The lowest BCUT2D eigenvalue weighted by Gasteiger charge is -2.27. The van der Waals surface area contributed by atoms with Crippen LogP contribution in [0.5, 0.6) is 0 Å². The van der Waals surface area contributed by atoms with E-state index in [2.05, 4.69) is 43.2 Å². The molecule has 0 aliphatic carbocycles. The van der Waals surface area contributed by atoms with Crippen molar-refractivity contribution in [3.8, 4) is 0 Å². The number of carbonyl (C=O) groups excluding carboxylic acids is 1. The van der Waals surface area contributed by atoms with Gasteiger partial charge in [0.25, 0.3) is 0 Å². The van der Waals surface area contributed by atoms with Crippen LogP contribution in [0.4, 0.5) is 0 Å². The summed E-state index contributed by atoms with van der Waals surface area (Å²) in [5.41, 5.74) is 0. The molecular weight excluding hydrogens is 250 g/mol. The number of rotatable bonds is 9. The van der Waals surface area contributed by atoms with E-state index in [9.17, 15) is 4.79 Å². The molecule has 1 amide bonds. The molecule has 0 aromatic heterocycles. The molecule has 1 heterocycles. The maximum absolute atomic E-state index is 12.2. The molecule has 1 fully saturated rings. The Morgan fingerprint density at radius 1 is 1.35 bits per heavy atom. The second-order valence-electron chi connectivity index (χ2n) is 6.46. The van der Waals surface area contributed by atoms with Crippen molar-refractivity contribution < 1.29 is 4.79 Å². The van der Waals surface area contributed by atoms with Gasteiger partial charge < -0.3 is 10.6 Å². The number of nitrogens with zero attached hydrogens (tertiary/aromatic N) is 1. The minimum Gasteiger partial charge on any atom is -0.352 e. The summed E-state index contributed by atoms with van der Waals surface area (Å²) in [5, 5.41) is 6.67. The van der Waals surface area contributed by atoms with E-state index in [1.807, 2.05) is 0 Å². The molecule has 1 aliphatic rings. The van der Waals surface area contributed by atoms with E-state index in [0.717, 1.165) is 32.5 Å². The predicted molar refractivity (Wildman–Crippen MR) is 84.8 cm³/mol. The van der Waals surface area contributed by atoms with Gasteiger partial charge in [-0.2, -0.15) is 0 Å². The van der Waals surface area contributed by atoms with Gasteiger partial charge in [-0.1, -0.05) is 27.7 Å². The number of hydrogen-bond acceptors (Lipinski definition) is 3. The first kappa shape index (κ1) is 17.4. The summed E-state index contributed by atoms with van der Waals surface area (Å²) in [5.74, 6) is 0.773. The van der Waals surface area contributed by atoms with Crippen molar-refractivity contribution in [1.82, 2.24) is 15.5 Å². The third-order valence-electron chi connectivity index (χ3n) is 3.98. The van der Waals surface area contributed by atoms with Crippen LogP contribution in [-0.4, -0.2) is 49.1 Å². The fourth-order valence-electron chi connectivity index (χ4n) is 2.91. The smallest absolute Gasteiger partial charge is 0.234 e. The van der Waals surface area contributed by atoms with Crippen LogP contribution < -0.4 is 10.6 Å². The summed E-state index contributed by atoms with van der Waals surface area (Å²) < 4.78 is 0. The lowest BCUT2D eigenvalue weighted by Crippen LogP contribution is -2.46. The first-order chi connectivity index (χ1) is 9.55. The van der Waals surface area contributed by atoms with Crippen LogP contribution in [0.3, 0.4) is 0 Å². The maximum atomic E-state index is 12.2. The number of carbonyl (C=O) groups is 1. The van der Waals surface area contributed by atoms with Crippen molar-refractivity contribution in [3.05, 3.63) is 0 Å². The van der Waals surface area contributed by atoms with Crippen molar-refractivity contribution in [3.63, 3.8) is 0 Å². The van der Waals surface area contributed by atoms with E-state index >= 15 is 0 Å². The van der Waals surface area contributed by atoms with Crippen LogP contribution in [0.15, 0.2) is 0 Å². The van der Waals surface area contributed by atoms with E-state index in [4.69, 9.17) is 0 Å². The fourth-order valence-corrected chi connectivity index (χ4v) is 2.91. The Morgan fingerprint density at radius 3 is 2.55 bits per heavy atom. The second kappa shape index (κ2) is 9.35. The molecule has 0 spiro atoms. The topological polar surface area (TPSA) is 44.4 Å². The zero-order valence-corrected chi connectivity index (χ0v) is 13.7. The van der Waals surface area contributed by atoms with E-state index in [1.165, 1.54) is 12.8 Å². The average Bonchev–Trinajstić information content (AvgIpc) is 2.87. The SMILES string of the molecule is CCC(CC)NC(=O)CN(CC(C)C)CC1CCCN1. The largest absolute Gasteiger partial charge is 0.352 e. The van der Waals surface area contributed by atoms with Gasteiger partial charge >= 0.3 is 0 Å². The Bertz CT molecular complexity index is 271. The van der Waals surface area contributed by atoms with Crippen molar-refractivity contribution in [2.24, 2.45) is 5.92 Å². The summed E-state index contributed by atoms with van der Waals surface area (Å²) in [6.07, 6.45) is 4.52. The molecule has 1 unspecified atom stereocenters. The molecule has 0 saturated carbocycles. The van der Waals surface area contributed by atoms with Gasteiger partial charge in [-0.25, -0.2) is 0 Å². The first-order valence-electron chi connectivity index (χ1n) is 8.30. The third-order valence-corrected chi connectivity index (χ3v) is 3.98. The van der Waals surface area contributed by atoms with E-state index in [0.29, 0.717) is 24.5 Å². The molecule has 1 saturated heterocycles. The molecule has 0 aromatic carbocycles. The van der Waals surface area contributed by atoms with Crippen LogP contribution in [-0.2, 0) is 4.79 Å². The minimum absolute atomic E-state index is 0.178. The number of hydrogen-bond donors (Lipinski definition) is 2. The summed E-state index contributed by atoms with van der Waals surface area (Å²) in [6.45, 7) is 12.3. The highest BCUT2D eigenvalue weighted by Gasteiger charge is 2.20. The highest BCUT2D eigenvalue weighted by Crippen LogP contribution is 2.09. The Kier molecular flexibility index (Phi) is 8.15. The van der Waals surface area contributed by atoms with Gasteiger partial charge in [0.1, 0.15) is 0 Å². The molecule has 0 bridgehead atoms. The average molecular weight is 283 g/mol. The lowest BCUT2D eigenvalue weighted by atomic mass is 10.1. The van der Waals surface area contributed by atoms with Crippen molar-refractivity contribution in [1.29, 1.82) is 0 Å². The zero-order valence-electron chi connectivity index (χ0n) is 13.7. The van der Waals surface area contributed by atoms with Crippen LogP contribution >= 0.6 is 0 Å². The van der Waals surface area contributed by atoms with Crippen LogP contribution in [0.25, 0.3) is 0 Å². The van der Waals surface area contributed by atoms with Gasteiger partial charge in [-0.3, -0.25) is 9.69 Å². The van der Waals surface area contributed by atoms with Crippen LogP contribution in [0, 0.1) is 5.92 Å². The summed E-state index contributed by atoms with van der Waals surface area (Å²) in [7, 11) is 0. The van der Waals surface area contributed by atoms with Gasteiger partial charge in [0, 0.05) is 25.2 Å². The second-order valence-corrected chi connectivity index (χ2v) is 6.46.